The van der Waals surface area contributed by atoms with Gasteiger partial charge in [0.1, 0.15) is 0 Å². The van der Waals surface area contributed by atoms with Gasteiger partial charge in [0.2, 0.25) is 0 Å². The van der Waals surface area contributed by atoms with E-state index in [-0.39, 0.29) is 58.8 Å². The summed E-state index contributed by atoms with van der Waals surface area (Å²) < 4.78 is 5.36. The van der Waals surface area contributed by atoms with E-state index in [2.05, 4.69) is 0 Å². The Bertz CT molecular complexity index is 1350. The van der Waals surface area contributed by atoms with Gasteiger partial charge in [-0.15, -0.1) is 0 Å². The Morgan fingerprint density at radius 3 is 1.85 bits per heavy atom. The third kappa shape index (κ3) is 3.42. The molecule has 1 heterocycles. The number of hydrogen-bond donors (Lipinski definition) is 0. The first-order valence-corrected chi connectivity index (χ1v) is 10.9. The Balaban J connectivity index is 1.22. The van der Waals surface area contributed by atoms with Crippen LogP contribution in [0.1, 0.15) is 75.8 Å². The molecule has 34 heavy (non-hydrogen) atoms. The van der Waals surface area contributed by atoms with E-state index < -0.39 is 5.97 Å². The highest BCUT2D eigenvalue weighted by atomic mass is 16.5. The minimum atomic E-state index is -0.696. The molecule has 7 heteroatoms. The Morgan fingerprint density at radius 1 is 0.647 bits per heavy atom. The molecule has 0 bridgehead atoms. The molecule has 0 saturated heterocycles. The smallest absolute Gasteiger partial charge is 0.338 e. The van der Waals surface area contributed by atoms with Crippen LogP contribution in [0.25, 0.3) is 0 Å². The van der Waals surface area contributed by atoms with Gasteiger partial charge in [-0.1, -0.05) is 48.5 Å². The van der Waals surface area contributed by atoms with Crippen molar-refractivity contribution in [3.63, 3.8) is 0 Å². The van der Waals surface area contributed by atoms with Gasteiger partial charge in [-0.05, 0) is 31.0 Å². The van der Waals surface area contributed by atoms with Crippen LogP contribution >= 0.6 is 0 Å². The summed E-state index contributed by atoms with van der Waals surface area (Å²) in [7, 11) is 0. The summed E-state index contributed by atoms with van der Waals surface area (Å²) in [5.41, 5.74) is 1.67. The SMILES string of the molecule is O=C(OCCCCN1C(=O)c2ccccc2C1=O)c1cccc2c1C(=O)c1ccccc1C2=O. The predicted octanol–water partition coefficient (Wildman–Crippen LogP) is 3.70. The molecule has 3 aromatic carbocycles. The average Bonchev–Trinajstić information content (AvgIpc) is 3.11. The van der Waals surface area contributed by atoms with Crippen molar-refractivity contribution < 1.29 is 28.7 Å². The van der Waals surface area contributed by atoms with Crippen molar-refractivity contribution in [1.82, 2.24) is 4.90 Å². The fourth-order valence-corrected chi connectivity index (χ4v) is 4.37. The molecule has 0 saturated carbocycles. The largest absolute Gasteiger partial charge is 0.462 e. The quantitative estimate of drug-likeness (QED) is 0.251. The van der Waals surface area contributed by atoms with Crippen molar-refractivity contribution in [2.75, 3.05) is 13.2 Å². The Kier molecular flexibility index (Phi) is 5.37. The summed E-state index contributed by atoms with van der Waals surface area (Å²) in [6.07, 6.45) is 0.875. The third-order valence-electron chi connectivity index (χ3n) is 6.06. The second-order valence-corrected chi connectivity index (χ2v) is 8.08. The Morgan fingerprint density at radius 2 is 1.21 bits per heavy atom. The highest BCUT2D eigenvalue weighted by Gasteiger charge is 2.35. The zero-order valence-corrected chi connectivity index (χ0v) is 18.1. The summed E-state index contributed by atoms with van der Waals surface area (Å²) in [6, 6.07) is 17.8. The Labute approximate surface area is 194 Å². The second-order valence-electron chi connectivity index (χ2n) is 8.08. The molecule has 0 N–H and O–H groups in total. The van der Waals surface area contributed by atoms with Crippen LogP contribution in [-0.2, 0) is 4.74 Å². The molecule has 2 amide bonds. The molecule has 3 aromatic rings. The van der Waals surface area contributed by atoms with E-state index in [9.17, 15) is 24.0 Å². The van der Waals surface area contributed by atoms with Crippen molar-refractivity contribution in [2.24, 2.45) is 0 Å². The molecule has 2 aliphatic rings. The minimum absolute atomic E-state index is 0.0460. The first kappa shape index (κ1) is 21.5. The van der Waals surface area contributed by atoms with Gasteiger partial charge in [0, 0.05) is 28.8 Å². The maximum atomic E-state index is 13.0. The number of nitrogens with zero attached hydrogens (tertiary/aromatic N) is 1. The molecular formula is C27H19NO6. The number of esters is 1. The molecule has 0 aromatic heterocycles. The number of hydrogen-bond acceptors (Lipinski definition) is 6. The van der Waals surface area contributed by atoms with E-state index in [1.807, 2.05) is 0 Å². The standard InChI is InChI=1S/C27H19NO6/c29-23-16-8-1-2-9-17(16)24(30)22-20(23)12-7-13-21(22)27(33)34-15-6-5-14-28-25(31)18-10-3-4-11-19(18)26(28)32/h1-4,7-13H,5-6,14-15H2. The molecule has 5 rings (SSSR count). The highest BCUT2D eigenvalue weighted by Crippen LogP contribution is 2.30. The molecule has 0 atom stereocenters. The number of carbonyl (C=O) groups excluding carboxylic acids is 5. The molecule has 168 valence electrons. The first-order chi connectivity index (χ1) is 16.5. The van der Waals surface area contributed by atoms with Crippen molar-refractivity contribution in [1.29, 1.82) is 0 Å². The fourth-order valence-electron chi connectivity index (χ4n) is 4.37. The van der Waals surface area contributed by atoms with E-state index in [0.29, 0.717) is 29.5 Å². The number of ether oxygens (including phenoxy) is 1. The molecular weight excluding hydrogens is 434 g/mol. The third-order valence-corrected chi connectivity index (χ3v) is 6.06. The Hall–Kier alpha value is -4.39. The maximum Gasteiger partial charge on any atom is 0.338 e. The average molecular weight is 453 g/mol. The number of rotatable bonds is 6. The molecule has 0 spiro atoms. The molecule has 7 nitrogen and oxygen atoms in total. The number of amides is 2. The van der Waals surface area contributed by atoms with E-state index in [0.717, 1.165) is 0 Å². The molecule has 0 unspecified atom stereocenters. The van der Waals surface area contributed by atoms with Crippen LogP contribution in [-0.4, -0.2) is 47.4 Å². The zero-order chi connectivity index (χ0) is 23.8. The lowest BCUT2D eigenvalue weighted by molar-refractivity contribution is 0.0483. The van der Waals surface area contributed by atoms with Gasteiger partial charge >= 0.3 is 5.97 Å². The number of ketones is 2. The molecule has 0 radical (unpaired) electrons. The van der Waals surface area contributed by atoms with Crippen molar-refractivity contribution in [3.05, 3.63) is 106 Å². The van der Waals surface area contributed by atoms with Gasteiger partial charge in [0.25, 0.3) is 11.8 Å². The van der Waals surface area contributed by atoms with Crippen LogP contribution < -0.4 is 0 Å². The van der Waals surface area contributed by atoms with Crippen LogP contribution in [0.3, 0.4) is 0 Å². The van der Waals surface area contributed by atoms with E-state index >= 15 is 0 Å². The van der Waals surface area contributed by atoms with E-state index in [4.69, 9.17) is 4.74 Å². The van der Waals surface area contributed by atoms with Gasteiger partial charge in [-0.3, -0.25) is 24.1 Å². The van der Waals surface area contributed by atoms with Crippen molar-refractivity contribution >= 4 is 29.4 Å². The summed E-state index contributed by atoms with van der Waals surface area (Å²) in [5.74, 6) is -2.03. The number of benzene rings is 3. The number of carbonyl (C=O) groups is 5. The van der Waals surface area contributed by atoms with E-state index in [1.54, 1.807) is 54.6 Å². The van der Waals surface area contributed by atoms with Gasteiger partial charge in [0.05, 0.1) is 23.3 Å². The fraction of sp³-hybridized carbons (Fsp3) is 0.148. The lowest BCUT2D eigenvalue weighted by Crippen LogP contribution is -2.30. The van der Waals surface area contributed by atoms with Gasteiger partial charge in [0.15, 0.2) is 11.6 Å². The lowest BCUT2D eigenvalue weighted by atomic mass is 9.82. The lowest BCUT2D eigenvalue weighted by Gasteiger charge is -2.19. The predicted molar refractivity (Wildman–Crippen MR) is 121 cm³/mol. The summed E-state index contributed by atoms with van der Waals surface area (Å²) >= 11 is 0. The monoisotopic (exact) mass is 453 g/mol. The van der Waals surface area contributed by atoms with E-state index in [1.165, 1.54) is 17.0 Å². The molecule has 1 aliphatic heterocycles. The zero-order valence-electron chi connectivity index (χ0n) is 18.1. The van der Waals surface area contributed by atoms with Crippen LogP contribution in [0.4, 0.5) is 0 Å². The summed E-state index contributed by atoms with van der Waals surface area (Å²) in [5, 5.41) is 0. The van der Waals surface area contributed by atoms with Crippen LogP contribution in [0.5, 0.6) is 0 Å². The summed E-state index contributed by atoms with van der Waals surface area (Å²) in [4.78, 5) is 64.6. The van der Waals surface area contributed by atoms with Crippen LogP contribution in [0.2, 0.25) is 0 Å². The number of unbranched alkanes of at least 4 members (excludes halogenated alkanes) is 1. The molecule has 0 fully saturated rings. The van der Waals surface area contributed by atoms with Gasteiger partial charge < -0.3 is 4.74 Å². The second kappa shape index (κ2) is 8.51. The van der Waals surface area contributed by atoms with Crippen molar-refractivity contribution in [2.45, 2.75) is 12.8 Å². The minimum Gasteiger partial charge on any atom is -0.462 e. The van der Waals surface area contributed by atoms with Gasteiger partial charge in [-0.25, -0.2) is 4.79 Å². The molecule has 1 aliphatic carbocycles. The van der Waals surface area contributed by atoms with Gasteiger partial charge in [-0.2, -0.15) is 0 Å². The number of fused-ring (bicyclic) bond motifs is 3. The van der Waals surface area contributed by atoms with Crippen LogP contribution in [0.15, 0.2) is 66.7 Å². The normalized spacial score (nSPS) is 14.1. The maximum absolute atomic E-state index is 13.0. The summed E-state index contributed by atoms with van der Waals surface area (Å²) in [6.45, 7) is 0.263. The van der Waals surface area contributed by atoms with Crippen LogP contribution in [0, 0.1) is 0 Å². The number of imide groups is 1. The first-order valence-electron chi connectivity index (χ1n) is 10.9. The topological polar surface area (TPSA) is 97.8 Å². The highest BCUT2D eigenvalue weighted by molar-refractivity contribution is 6.30. The van der Waals surface area contributed by atoms with Crippen molar-refractivity contribution in [3.8, 4) is 0 Å².